The zero-order valence-electron chi connectivity index (χ0n) is 19.1. The van der Waals surface area contributed by atoms with Crippen LogP contribution in [0.2, 0.25) is 5.02 Å². The molecule has 0 atom stereocenters. The van der Waals surface area contributed by atoms with E-state index < -0.39 is 23.2 Å². The van der Waals surface area contributed by atoms with E-state index in [-0.39, 0.29) is 65.5 Å². The van der Waals surface area contributed by atoms with Crippen LogP contribution in [0.15, 0.2) is 52.5 Å². The monoisotopic (exact) mass is 513 g/mol. The van der Waals surface area contributed by atoms with Crippen LogP contribution in [0, 0.1) is 11.6 Å². The van der Waals surface area contributed by atoms with Gasteiger partial charge in [-0.15, -0.1) is 0 Å². The average molecular weight is 514 g/mol. The normalized spacial score (nSPS) is 13.3. The first-order valence-corrected chi connectivity index (χ1v) is 11.5. The molecule has 0 saturated heterocycles. The summed E-state index contributed by atoms with van der Waals surface area (Å²) in [4.78, 5) is 12.2. The summed E-state index contributed by atoms with van der Waals surface area (Å²) in [5.74, 6) is -2.65. The molecule has 1 aliphatic carbocycles. The second-order valence-electron chi connectivity index (χ2n) is 7.79. The number of fused-ring (bicyclic) bond motifs is 1. The molecule has 0 aliphatic heterocycles. The van der Waals surface area contributed by atoms with E-state index in [1.807, 2.05) is 0 Å². The van der Waals surface area contributed by atoms with Gasteiger partial charge in [-0.05, 0) is 37.1 Å². The number of carbonyl (C=O) groups is 1. The summed E-state index contributed by atoms with van der Waals surface area (Å²) in [5.41, 5.74) is 1.24. The first-order chi connectivity index (χ1) is 15.9. The van der Waals surface area contributed by atoms with E-state index in [1.165, 1.54) is 24.3 Å². The Labute approximate surface area is 226 Å². The van der Waals surface area contributed by atoms with Crippen molar-refractivity contribution in [1.82, 2.24) is 14.3 Å². The van der Waals surface area contributed by atoms with E-state index >= 15 is 4.39 Å². The molecule has 172 valence electrons. The van der Waals surface area contributed by atoms with Crippen LogP contribution >= 0.6 is 23.4 Å². The number of hydrogen-bond donors (Lipinski definition) is 2. The number of rotatable bonds is 7. The Morgan fingerprint density at radius 1 is 1.24 bits per heavy atom. The van der Waals surface area contributed by atoms with Gasteiger partial charge in [0.15, 0.2) is 11.6 Å². The van der Waals surface area contributed by atoms with Crippen molar-refractivity contribution in [2.24, 2.45) is 0 Å². The smallest absolute Gasteiger partial charge is 1.00 e. The van der Waals surface area contributed by atoms with Gasteiger partial charge in [-0.25, -0.2) is 13.6 Å². The molecule has 5 rings (SSSR count). The van der Waals surface area contributed by atoms with E-state index in [9.17, 15) is 19.4 Å². The van der Waals surface area contributed by atoms with Crippen molar-refractivity contribution in [1.29, 1.82) is 0 Å². The van der Waals surface area contributed by atoms with Crippen LogP contribution in [0.25, 0.3) is 16.6 Å². The van der Waals surface area contributed by atoms with Crippen LogP contribution < -0.4 is 29.6 Å². The summed E-state index contributed by atoms with van der Waals surface area (Å²) in [6.07, 6.45) is 5.08. The molecule has 2 aromatic carbocycles. The number of carboxylic acids is 1. The minimum absolute atomic E-state index is 0. The molecule has 1 fully saturated rings. The predicted molar refractivity (Wildman–Crippen MR) is 122 cm³/mol. The third-order valence-electron chi connectivity index (χ3n) is 5.59. The van der Waals surface area contributed by atoms with Gasteiger partial charge in [0.05, 0.1) is 41.1 Å². The first-order valence-electron chi connectivity index (χ1n) is 10.3. The summed E-state index contributed by atoms with van der Waals surface area (Å²) in [6, 6.07) is 7.37. The molecule has 2 aromatic heterocycles. The average Bonchev–Trinajstić information content (AvgIpc) is 3.43. The summed E-state index contributed by atoms with van der Waals surface area (Å²) < 4.78 is 33.7. The van der Waals surface area contributed by atoms with E-state index in [0.29, 0.717) is 16.0 Å². The number of nitrogens with zero attached hydrogens (tertiary/aromatic N) is 3. The molecular weight excluding hydrogens is 495 g/mol. The molecule has 6 nitrogen and oxygen atoms in total. The van der Waals surface area contributed by atoms with Crippen molar-refractivity contribution in [3.05, 3.63) is 70.6 Å². The van der Waals surface area contributed by atoms with E-state index in [1.54, 1.807) is 27.7 Å². The van der Waals surface area contributed by atoms with Gasteiger partial charge in [-0.3, -0.25) is 4.68 Å². The van der Waals surface area contributed by atoms with Crippen LogP contribution in [0.3, 0.4) is 0 Å². The van der Waals surface area contributed by atoms with Gasteiger partial charge in [0.1, 0.15) is 0 Å². The SMILES string of the molecule is O=C(O)c1cccc(Sc2c(C3CC3)n(-c3cnn(CCO)c3)c3c(F)c(Cl)ccc23)c1F.[H-].[Na+]. The van der Waals surface area contributed by atoms with Gasteiger partial charge < -0.3 is 16.2 Å². The molecule has 0 amide bonds. The number of aromatic carboxylic acids is 1. The topological polar surface area (TPSA) is 80.3 Å². The van der Waals surface area contributed by atoms with Gasteiger partial charge in [0.25, 0.3) is 0 Å². The molecule has 0 bridgehead atoms. The molecule has 0 unspecified atom stereocenters. The van der Waals surface area contributed by atoms with Crippen molar-refractivity contribution in [2.45, 2.75) is 35.1 Å². The van der Waals surface area contributed by atoms with E-state index in [2.05, 4.69) is 5.10 Å². The second kappa shape index (κ2) is 10.0. The summed E-state index contributed by atoms with van der Waals surface area (Å²) in [5, 5.41) is 23.3. The number of halogens is 3. The van der Waals surface area contributed by atoms with E-state index in [4.69, 9.17) is 11.6 Å². The fourth-order valence-corrected chi connectivity index (χ4v) is 5.32. The largest absolute Gasteiger partial charge is 1.00 e. The number of carboxylic acid groups (broad SMARTS) is 1. The molecule has 2 N–H and O–H groups in total. The maximum absolute atomic E-state index is 15.4. The second-order valence-corrected chi connectivity index (χ2v) is 9.25. The Hall–Kier alpha value is -1.88. The van der Waals surface area contributed by atoms with Crippen molar-refractivity contribution >= 4 is 40.2 Å². The van der Waals surface area contributed by atoms with Gasteiger partial charge >= 0.3 is 35.5 Å². The van der Waals surface area contributed by atoms with Gasteiger partial charge in [-0.1, -0.05) is 29.4 Å². The molecule has 2 heterocycles. The molecule has 0 radical (unpaired) electrons. The molecule has 4 aromatic rings. The third kappa shape index (κ3) is 4.41. The van der Waals surface area contributed by atoms with Crippen LogP contribution in [-0.2, 0) is 6.54 Å². The molecule has 11 heteroatoms. The minimum Gasteiger partial charge on any atom is -1.00 e. The maximum Gasteiger partial charge on any atom is 1.00 e. The Morgan fingerprint density at radius 3 is 2.68 bits per heavy atom. The summed E-state index contributed by atoms with van der Waals surface area (Å²) in [7, 11) is 0. The number of aliphatic hydroxyl groups excluding tert-OH is 1. The fourth-order valence-electron chi connectivity index (χ4n) is 3.96. The molecule has 1 aliphatic rings. The number of aromatic nitrogens is 3. The Kier molecular flexibility index (Phi) is 7.42. The third-order valence-corrected chi connectivity index (χ3v) is 7.05. The Morgan fingerprint density at radius 2 is 2.00 bits per heavy atom. The molecule has 0 spiro atoms. The van der Waals surface area contributed by atoms with Crippen molar-refractivity contribution in [3.63, 3.8) is 0 Å². The number of aliphatic hydroxyl groups is 1. The summed E-state index contributed by atoms with van der Waals surface area (Å²) in [6.45, 7) is 0.194. The zero-order chi connectivity index (χ0) is 23.3. The van der Waals surface area contributed by atoms with Crippen LogP contribution in [0.1, 0.15) is 36.2 Å². The number of benzene rings is 2. The first kappa shape index (κ1) is 25.2. The van der Waals surface area contributed by atoms with Crippen molar-refractivity contribution in [3.8, 4) is 5.69 Å². The van der Waals surface area contributed by atoms with Gasteiger partial charge in [-0.2, -0.15) is 5.10 Å². The fraction of sp³-hybridized carbons (Fsp3) is 0.217. The summed E-state index contributed by atoms with van der Waals surface area (Å²) >= 11 is 7.21. The van der Waals surface area contributed by atoms with Crippen molar-refractivity contribution in [2.75, 3.05) is 6.61 Å². The predicted octanol–water partition coefficient (Wildman–Crippen LogP) is 2.59. The number of hydrogen-bond acceptors (Lipinski definition) is 4. The zero-order valence-corrected chi connectivity index (χ0v) is 21.7. The quantitative estimate of drug-likeness (QED) is 0.371. The maximum atomic E-state index is 15.4. The molecule has 1 saturated carbocycles. The molecule has 34 heavy (non-hydrogen) atoms. The van der Waals surface area contributed by atoms with Gasteiger partial charge in [0, 0.05) is 33.0 Å². The van der Waals surface area contributed by atoms with Crippen molar-refractivity contribution < 1.29 is 54.8 Å². The van der Waals surface area contributed by atoms with Crippen LogP contribution in [0.4, 0.5) is 8.78 Å². The van der Waals surface area contributed by atoms with E-state index in [0.717, 1.165) is 30.3 Å². The Balaban J connectivity index is 0.00000171. The standard InChI is InChI=1S/C23H18ClF2N3O3S.Na.H/c24-16-7-6-15-21(19(16)26)29(13-10-27-28(11-13)8-9-30)20(12-4-5-12)22(15)33-17-3-1-2-14(18(17)25)23(31)32;;/h1-3,6-7,10-12,30H,4-5,8-9H2,(H,31,32);;/q;+1;-1. The Bertz CT molecular complexity index is 1410. The van der Waals surface area contributed by atoms with Gasteiger partial charge in [0.2, 0.25) is 0 Å². The van der Waals surface area contributed by atoms with Crippen LogP contribution in [0.5, 0.6) is 0 Å². The van der Waals surface area contributed by atoms with Crippen LogP contribution in [-0.4, -0.2) is 37.1 Å². The minimum atomic E-state index is -1.35. The molecular formula is C23H19ClF2N3NaO3S.